The third-order valence-electron chi connectivity index (χ3n) is 7.43. The number of amides is 2. The summed E-state index contributed by atoms with van der Waals surface area (Å²) in [4.78, 5) is 42.2. The van der Waals surface area contributed by atoms with Crippen LogP contribution in [0.1, 0.15) is 36.1 Å². The van der Waals surface area contributed by atoms with Crippen molar-refractivity contribution in [2.75, 3.05) is 11.5 Å². The maximum Gasteiger partial charge on any atom is 0.325 e. The molecule has 7 nitrogen and oxygen atoms in total. The SMILES string of the molecule is CCCOc1ccc(C2NC(Cc3ccccc3)(C(=O)O)C3C(=O)N(c4ccccc4C)C(=O)C23)cc1. The van der Waals surface area contributed by atoms with Gasteiger partial charge in [0.1, 0.15) is 11.3 Å². The number of benzene rings is 3. The zero-order valence-corrected chi connectivity index (χ0v) is 20.9. The highest BCUT2D eigenvalue weighted by Gasteiger charge is 2.68. The van der Waals surface area contributed by atoms with E-state index in [1.54, 1.807) is 12.1 Å². The van der Waals surface area contributed by atoms with E-state index < -0.39 is 35.3 Å². The van der Waals surface area contributed by atoms with Gasteiger partial charge in [-0.15, -0.1) is 0 Å². The Bertz CT molecular complexity index is 1320. The fourth-order valence-corrected chi connectivity index (χ4v) is 5.69. The number of aryl methyl sites for hydroxylation is 1. The molecule has 4 atom stereocenters. The van der Waals surface area contributed by atoms with Gasteiger partial charge in [0.15, 0.2) is 0 Å². The van der Waals surface area contributed by atoms with E-state index >= 15 is 0 Å². The van der Waals surface area contributed by atoms with Crippen LogP contribution in [0.5, 0.6) is 5.75 Å². The Labute approximate surface area is 216 Å². The number of hydrogen-bond acceptors (Lipinski definition) is 5. The van der Waals surface area contributed by atoms with Crippen LogP contribution in [-0.4, -0.2) is 35.0 Å². The van der Waals surface area contributed by atoms with Gasteiger partial charge in [0, 0.05) is 12.5 Å². The Morgan fingerprint density at radius 2 is 1.65 bits per heavy atom. The highest BCUT2D eigenvalue weighted by molar-refractivity contribution is 6.24. The second-order valence-corrected chi connectivity index (χ2v) is 9.78. The largest absolute Gasteiger partial charge is 0.494 e. The fourth-order valence-electron chi connectivity index (χ4n) is 5.69. The van der Waals surface area contributed by atoms with Gasteiger partial charge in [0.2, 0.25) is 11.8 Å². The number of imide groups is 1. The maximum absolute atomic E-state index is 14.0. The van der Waals surface area contributed by atoms with E-state index in [1.165, 1.54) is 4.90 Å². The van der Waals surface area contributed by atoms with Crippen LogP contribution in [0.3, 0.4) is 0 Å². The molecule has 0 saturated carbocycles. The van der Waals surface area contributed by atoms with E-state index in [-0.39, 0.29) is 12.3 Å². The quantitative estimate of drug-likeness (QED) is 0.450. The maximum atomic E-state index is 14.0. The number of ether oxygens (including phenoxy) is 1. The number of nitrogens with one attached hydrogen (secondary N) is 1. The van der Waals surface area contributed by atoms with Crippen molar-refractivity contribution in [2.45, 2.75) is 38.3 Å². The Morgan fingerprint density at radius 3 is 2.30 bits per heavy atom. The van der Waals surface area contributed by atoms with E-state index in [0.29, 0.717) is 18.0 Å². The van der Waals surface area contributed by atoms with Crippen molar-refractivity contribution in [1.82, 2.24) is 5.32 Å². The molecule has 2 amide bonds. The highest BCUT2D eigenvalue weighted by atomic mass is 16.5. The van der Waals surface area contributed by atoms with E-state index in [2.05, 4.69) is 5.32 Å². The lowest BCUT2D eigenvalue weighted by molar-refractivity contribution is -0.148. The summed E-state index contributed by atoms with van der Waals surface area (Å²) in [5.74, 6) is -3.26. The average Bonchev–Trinajstić information content (AvgIpc) is 3.38. The summed E-state index contributed by atoms with van der Waals surface area (Å²) in [5, 5.41) is 13.9. The van der Waals surface area contributed by atoms with Gasteiger partial charge in [-0.05, 0) is 48.2 Å². The molecule has 3 aromatic rings. The summed E-state index contributed by atoms with van der Waals surface area (Å²) in [5.41, 5.74) is 1.12. The second kappa shape index (κ2) is 9.82. The van der Waals surface area contributed by atoms with Crippen LogP contribution < -0.4 is 15.0 Å². The Morgan fingerprint density at radius 1 is 0.973 bits per heavy atom. The fraction of sp³-hybridized carbons (Fsp3) is 0.300. The number of carbonyl (C=O) groups excluding carboxylic acids is 2. The lowest BCUT2D eigenvalue weighted by Gasteiger charge is -2.31. The number of para-hydroxylation sites is 1. The molecule has 5 rings (SSSR count). The van der Waals surface area contributed by atoms with E-state index in [4.69, 9.17) is 4.74 Å². The van der Waals surface area contributed by atoms with Gasteiger partial charge in [-0.1, -0.05) is 67.6 Å². The number of nitrogens with zero attached hydrogens (tertiary/aromatic N) is 1. The lowest BCUT2D eigenvalue weighted by Crippen LogP contribution is -2.57. The molecule has 37 heavy (non-hydrogen) atoms. The van der Waals surface area contributed by atoms with Crippen molar-refractivity contribution in [2.24, 2.45) is 11.8 Å². The van der Waals surface area contributed by atoms with Crippen molar-refractivity contribution >= 4 is 23.5 Å². The van der Waals surface area contributed by atoms with E-state index in [1.807, 2.05) is 80.6 Å². The molecule has 2 fully saturated rings. The van der Waals surface area contributed by atoms with Crippen molar-refractivity contribution in [3.63, 3.8) is 0 Å². The molecule has 2 heterocycles. The van der Waals surface area contributed by atoms with E-state index in [9.17, 15) is 19.5 Å². The molecule has 2 saturated heterocycles. The molecule has 0 bridgehead atoms. The van der Waals surface area contributed by atoms with Gasteiger partial charge < -0.3 is 9.84 Å². The number of fused-ring (bicyclic) bond motifs is 1. The normalized spacial score (nSPS) is 24.8. The minimum Gasteiger partial charge on any atom is -0.494 e. The number of carbonyl (C=O) groups is 3. The lowest BCUT2D eigenvalue weighted by atomic mass is 9.76. The van der Waals surface area contributed by atoms with Gasteiger partial charge in [-0.2, -0.15) is 0 Å². The first-order chi connectivity index (χ1) is 17.9. The molecule has 4 unspecified atom stereocenters. The molecule has 3 aromatic carbocycles. The first-order valence-electron chi connectivity index (χ1n) is 12.6. The van der Waals surface area contributed by atoms with Crippen molar-refractivity contribution in [3.05, 3.63) is 95.6 Å². The molecule has 2 N–H and O–H groups in total. The smallest absolute Gasteiger partial charge is 0.325 e. The van der Waals surface area contributed by atoms with Crippen molar-refractivity contribution in [1.29, 1.82) is 0 Å². The van der Waals surface area contributed by atoms with Crippen molar-refractivity contribution in [3.8, 4) is 5.75 Å². The number of rotatable bonds is 8. The summed E-state index contributed by atoms with van der Waals surface area (Å²) in [6.45, 7) is 4.45. The Kier molecular flexibility index (Phi) is 6.56. The van der Waals surface area contributed by atoms with Crippen LogP contribution in [0.2, 0.25) is 0 Å². The molecule has 0 spiro atoms. The molecule has 2 aliphatic rings. The third-order valence-corrected chi connectivity index (χ3v) is 7.43. The van der Waals surface area contributed by atoms with Crippen LogP contribution in [0.25, 0.3) is 0 Å². The topological polar surface area (TPSA) is 95.9 Å². The summed E-state index contributed by atoms with van der Waals surface area (Å²) in [6, 6.07) is 23.1. The van der Waals surface area contributed by atoms with E-state index in [0.717, 1.165) is 23.1 Å². The van der Waals surface area contributed by atoms with Crippen LogP contribution in [0, 0.1) is 18.8 Å². The summed E-state index contributed by atoms with van der Waals surface area (Å²) < 4.78 is 5.70. The first kappa shape index (κ1) is 24.7. The van der Waals surface area contributed by atoms with Gasteiger partial charge >= 0.3 is 5.97 Å². The van der Waals surface area contributed by atoms with Crippen LogP contribution in [0.15, 0.2) is 78.9 Å². The molecule has 2 aliphatic heterocycles. The van der Waals surface area contributed by atoms with Crippen LogP contribution >= 0.6 is 0 Å². The Balaban J connectivity index is 1.61. The number of aliphatic carboxylic acids is 1. The molecule has 0 aliphatic carbocycles. The van der Waals surface area contributed by atoms with Gasteiger partial charge in [0.05, 0.1) is 24.1 Å². The van der Waals surface area contributed by atoms with Gasteiger partial charge in [-0.25, -0.2) is 4.90 Å². The average molecular weight is 499 g/mol. The number of carboxylic acids is 1. The standard InChI is InChI=1S/C30H30N2O5/c1-3-17-37-22-15-13-21(14-16-22)26-24-25(28(34)32(27(24)33)23-12-8-7-9-19(23)2)30(31-26,29(35)36)18-20-10-5-4-6-11-20/h4-16,24-26,31H,3,17-18H2,1-2H3,(H,35,36). The molecular formula is C30H30N2O5. The minimum absolute atomic E-state index is 0.0686. The zero-order chi connectivity index (χ0) is 26.2. The molecule has 7 heteroatoms. The highest BCUT2D eigenvalue weighted by Crippen LogP contribution is 2.51. The Hall–Kier alpha value is -3.97. The number of carboxylic acid groups (broad SMARTS) is 1. The predicted octanol–water partition coefficient (Wildman–Crippen LogP) is 4.30. The van der Waals surface area contributed by atoms with Crippen molar-refractivity contribution < 1.29 is 24.2 Å². The van der Waals surface area contributed by atoms with Crippen LogP contribution in [0.4, 0.5) is 5.69 Å². The molecule has 190 valence electrons. The summed E-state index contributed by atoms with van der Waals surface area (Å²) >= 11 is 0. The van der Waals surface area contributed by atoms with Gasteiger partial charge in [-0.3, -0.25) is 19.7 Å². The zero-order valence-electron chi connectivity index (χ0n) is 20.9. The predicted molar refractivity (Wildman–Crippen MR) is 139 cm³/mol. The second-order valence-electron chi connectivity index (χ2n) is 9.78. The first-order valence-corrected chi connectivity index (χ1v) is 12.6. The molecular weight excluding hydrogens is 468 g/mol. The number of hydrogen-bond donors (Lipinski definition) is 2. The number of anilines is 1. The van der Waals surface area contributed by atoms with Crippen LogP contribution in [-0.2, 0) is 20.8 Å². The summed E-state index contributed by atoms with van der Waals surface area (Å²) in [6.07, 6.45) is 0.945. The molecule has 0 radical (unpaired) electrons. The summed E-state index contributed by atoms with van der Waals surface area (Å²) in [7, 11) is 0. The molecule has 0 aromatic heterocycles. The monoisotopic (exact) mass is 498 g/mol. The third kappa shape index (κ3) is 4.19. The minimum atomic E-state index is -1.65. The van der Waals surface area contributed by atoms with Gasteiger partial charge in [0.25, 0.3) is 0 Å².